The van der Waals surface area contributed by atoms with Gasteiger partial charge in [-0.1, -0.05) is 6.07 Å². The summed E-state index contributed by atoms with van der Waals surface area (Å²) < 4.78 is 5.13. The van der Waals surface area contributed by atoms with E-state index in [1.165, 1.54) is 0 Å². The van der Waals surface area contributed by atoms with Crippen molar-refractivity contribution in [1.82, 2.24) is 4.98 Å². The molecule has 72 valence electrons. The number of pyridine rings is 1. The van der Waals surface area contributed by atoms with Crippen LogP contribution in [0.25, 0.3) is 0 Å². The van der Waals surface area contributed by atoms with Crippen LogP contribution in [0.1, 0.15) is 12.6 Å². The lowest BCUT2D eigenvalue weighted by Crippen LogP contribution is -2.13. The number of nitrogens with zero attached hydrogens (tertiary/aromatic N) is 1. The molecule has 0 aliphatic carbocycles. The number of nitrogens with two attached hydrogens (primary N) is 1. The van der Waals surface area contributed by atoms with Crippen molar-refractivity contribution in [2.75, 3.05) is 6.61 Å². The Kier molecular flexibility index (Phi) is 4.84. The van der Waals surface area contributed by atoms with E-state index in [1.54, 1.807) is 18.2 Å². The van der Waals surface area contributed by atoms with Gasteiger partial charge in [-0.2, -0.15) is 0 Å². The van der Waals surface area contributed by atoms with Crippen LogP contribution in [0.15, 0.2) is 18.2 Å². The summed E-state index contributed by atoms with van der Waals surface area (Å²) in [6, 6.07) is 5.16. The Hall–Kier alpha value is -1.29. The van der Waals surface area contributed by atoms with E-state index >= 15 is 0 Å². The number of nitrogens with one attached hydrogen (secondary N) is 1. The molecule has 0 saturated heterocycles. The molecule has 0 amide bonds. The van der Waals surface area contributed by atoms with Crippen LogP contribution in [0, 0.1) is 5.41 Å². The SMILES string of the molecule is CCOc1cccc(C(=N)N)n1.Cl. The molecule has 0 aromatic carbocycles. The first kappa shape index (κ1) is 11.7. The number of nitrogen functional groups attached to an aromatic ring is 1. The van der Waals surface area contributed by atoms with Crippen molar-refractivity contribution in [3.63, 3.8) is 0 Å². The molecule has 0 fully saturated rings. The van der Waals surface area contributed by atoms with Crippen molar-refractivity contribution >= 4 is 18.2 Å². The van der Waals surface area contributed by atoms with Gasteiger partial charge in [0.2, 0.25) is 5.88 Å². The normalized spacial score (nSPS) is 8.69. The van der Waals surface area contributed by atoms with E-state index in [9.17, 15) is 0 Å². The zero-order valence-corrected chi connectivity index (χ0v) is 8.10. The maximum Gasteiger partial charge on any atom is 0.213 e. The molecular formula is C8H12ClN3O. The first-order valence-electron chi connectivity index (χ1n) is 3.68. The fourth-order valence-corrected chi connectivity index (χ4v) is 0.793. The molecule has 0 unspecified atom stereocenters. The number of hydrogen-bond acceptors (Lipinski definition) is 3. The van der Waals surface area contributed by atoms with E-state index in [2.05, 4.69) is 4.98 Å². The Labute approximate surface area is 83.0 Å². The molecule has 1 aromatic heterocycles. The van der Waals surface area contributed by atoms with Gasteiger partial charge >= 0.3 is 0 Å². The molecule has 3 N–H and O–H groups in total. The number of aromatic nitrogens is 1. The van der Waals surface area contributed by atoms with E-state index in [-0.39, 0.29) is 18.2 Å². The second-order valence-electron chi connectivity index (χ2n) is 2.21. The Morgan fingerprint density at radius 3 is 2.85 bits per heavy atom. The van der Waals surface area contributed by atoms with E-state index in [4.69, 9.17) is 15.9 Å². The number of ether oxygens (including phenoxy) is 1. The Balaban J connectivity index is 0.00000144. The van der Waals surface area contributed by atoms with Gasteiger partial charge in [0.1, 0.15) is 11.5 Å². The Bertz CT molecular complexity index is 290. The fraction of sp³-hybridized carbons (Fsp3) is 0.250. The van der Waals surface area contributed by atoms with Crippen molar-refractivity contribution in [2.24, 2.45) is 5.73 Å². The third-order valence-electron chi connectivity index (χ3n) is 1.29. The Morgan fingerprint density at radius 1 is 1.62 bits per heavy atom. The van der Waals surface area contributed by atoms with Crippen LogP contribution in [0.2, 0.25) is 0 Å². The predicted molar refractivity (Wildman–Crippen MR) is 53.7 cm³/mol. The van der Waals surface area contributed by atoms with Gasteiger partial charge in [0, 0.05) is 6.07 Å². The molecule has 5 heteroatoms. The van der Waals surface area contributed by atoms with Gasteiger partial charge in [-0.15, -0.1) is 12.4 Å². The lowest BCUT2D eigenvalue weighted by Gasteiger charge is -2.02. The molecule has 0 saturated carbocycles. The van der Waals surface area contributed by atoms with E-state index in [1.807, 2.05) is 6.92 Å². The van der Waals surface area contributed by atoms with E-state index in [0.717, 1.165) is 0 Å². The Morgan fingerprint density at radius 2 is 2.31 bits per heavy atom. The van der Waals surface area contributed by atoms with Crippen molar-refractivity contribution in [1.29, 1.82) is 5.41 Å². The average molecular weight is 202 g/mol. The number of hydrogen-bond donors (Lipinski definition) is 2. The van der Waals surface area contributed by atoms with Crippen molar-refractivity contribution in [2.45, 2.75) is 6.92 Å². The minimum absolute atomic E-state index is 0. The standard InChI is InChI=1S/C8H11N3O.ClH/c1-2-12-7-5-3-4-6(11-7)8(9)10;/h3-5H,2H2,1H3,(H3,9,10);1H. The molecule has 0 spiro atoms. The zero-order chi connectivity index (χ0) is 8.97. The average Bonchev–Trinajstić information content (AvgIpc) is 2.05. The number of halogens is 1. The largest absolute Gasteiger partial charge is 0.478 e. The van der Waals surface area contributed by atoms with Gasteiger partial charge < -0.3 is 10.5 Å². The van der Waals surface area contributed by atoms with Crippen LogP contribution in [0.5, 0.6) is 5.88 Å². The van der Waals surface area contributed by atoms with Crippen molar-refractivity contribution in [3.05, 3.63) is 23.9 Å². The second-order valence-corrected chi connectivity index (χ2v) is 2.21. The summed E-state index contributed by atoms with van der Waals surface area (Å²) in [7, 11) is 0. The second kappa shape index (κ2) is 5.37. The van der Waals surface area contributed by atoms with Gasteiger partial charge in [-0.25, -0.2) is 4.98 Å². The van der Waals surface area contributed by atoms with Crippen molar-refractivity contribution < 1.29 is 4.74 Å². The zero-order valence-electron chi connectivity index (χ0n) is 7.28. The number of rotatable bonds is 3. The minimum atomic E-state index is -0.0449. The summed E-state index contributed by atoms with van der Waals surface area (Å²) in [6.45, 7) is 2.44. The lowest BCUT2D eigenvalue weighted by atomic mass is 10.3. The smallest absolute Gasteiger partial charge is 0.213 e. The van der Waals surface area contributed by atoms with Crippen LogP contribution < -0.4 is 10.5 Å². The highest BCUT2D eigenvalue weighted by molar-refractivity contribution is 5.93. The highest BCUT2D eigenvalue weighted by Gasteiger charge is 1.99. The molecule has 13 heavy (non-hydrogen) atoms. The first-order valence-corrected chi connectivity index (χ1v) is 3.68. The molecule has 1 aromatic rings. The summed E-state index contributed by atoms with van der Waals surface area (Å²) in [5, 5.41) is 7.12. The van der Waals surface area contributed by atoms with Gasteiger partial charge in [-0.05, 0) is 13.0 Å². The molecule has 0 aliphatic heterocycles. The molecule has 0 radical (unpaired) electrons. The minimum Gasteiger partial charge on any atom is -0.478 e. The van der Waals surface area contributed by atoms with E-state index < -0.39 is 0 Å². The first-order chi connectivity index (χ1) is 5.74. The highest BCUT2D eigenvalue weighted by Crippen LogP contribution is 2.06. The molecule has 0 aliphatic rings. The summed E-state index contributed by atoms with van der Waals surface area (Å²) in [6.07, 6.45) is 0. The maximum absolute atomic E-state index is 7.12. The van der Waals surface area contributed by atoms with Crippen LogP contribution in [0.3, 0.4) is 0 Å². The van der Waals surface area contributed by atoms with Crippen LogP contribution in [0.4, 0.5) is 0 Å². The van der Waals surface area contributed by atoms with Crippen LogP contribution >= 0.6 is 12.4 Å². The molecule has 0 atom stereocenters. The molecule has 1 rings (SSSR count). The van der Waals surface area contributed by atoms with Gasteiger partial charge in [-0.3, -0.25) is 5.41 Å². The quantitative estimate of drug-likeness (QED) is 0.570. The molecule has 0 bridgehead atoms. The maximum atomic E-state index is 7.12. The monoisotopic (exact) mass is 201 g/mol. The summed E-state index contributed by atoms with van der Waals surface area (Å²) >= 11 is 0. The van der Waals surface area contributed by atoms with Gasteiger partial charge in [0.05, 0.1) is 6.61 Å². The third-order valence-corrected chi connectivity index (χ3v) is 1.29. The number of amidine groups is 1. The van der Waals surface area contributed by atoms with Gasteiger partial charge in [0.15, 0.2) is 0 Å². The molecule has 1 heterocycles. The third kappa shape index (κ3) is 3.29. The van der Waals surface area contributed by atoms with Crippen LogP contribution in [-0.4, -0.2) is 17.4 Å². The lowest BCUT2D eigenvalue weighted by molar-refractivity contribution is 0.326. The summed E-state index contributed by atoms with van der Waals surface area (Å²) in [5.41, 5.74) is 5.69. The fourth-order valence-electron chi connectivity index (χ4n) is 0.793. The topological polar surface area (TPSA) is 72.0 Å². The van der Waals surface area contributed by atoms with Gasteiger partial charge in [0.25, 0.3) is 0 Å². The summed E-state index contributed by atoms with van der Waals surface area (Å²) in [4.78, 5) is 3.99. The highest BCUT2D eigenvalue weighted by atomic mass is 35.5. The predicted octanol–water partition coefficient (Wildman–Crippen LogP) is 1.19. The van der Waals surface area contributed by atoms with E-state index in [0.29, 0.717) is 18.2 Å². The molecular weight excluding hydrogens is 190 g/mol. The van der Waals surface area contributed by atoms with Crippen molar-refractivity contribution in [3.8, 4) is 5.88 Å². The molecule has 4 nitrogen and oxygen atoms in total. The van der Waals surface area contributed by atoms with Crippen LogP contribution in [-0.2, 0) is 0 Å². The summed E-state index contributed by atoms with van der Waals surface area (Å²) in [5.74, 6) is 0.460.